The van der Waals surface area contributed by atoms with Crippen LogP contribution in [0.25, 0.3) is 0 Å². The Kier molecular flexibility index (Phi) is 5.33. The van der Waals surface area contributed by atoms with Crippen molar-refractivity contribution >= 4 is 11.8 Å². The molecule has 0 aromatic heterocycles. The van der Waals surface area contributed by atoms with Crippen molar-refractivity contribution < 1.29 is 0 Å². The molecular formula is C16H23NS. The van der Waals surface area contributed by atoms with Gasteiger partial charge in [-0.25, -0.2) is 0 Å². The Hall–Kier alpha value is -0.730. The predicted octanol–water partition coefficient (Wildman–Crippen LogP) is 3.75. The van der Waals surface area contributed by atoms with E-state index in [-0.39, 0.29) is 0 Å². The molecule has 2 heteroatoms. The average Bonchev–Trinajstić information content (AvgIpc) is 2.85. The van der Waals surface area contributed by atoms with Crippen LogP contribution >= 0.6 is 11.8 Å². The summed E-state index contributed by atoms with van der Waals surface area (Å²) < 4.78 is 0. The fraction of sp³-hybridized carbons (Fsp3) is 0.500. The lowest BCUT2D eigenvalue weighted by atomic mass is 10.0. The standard InChI is InChI=1S/C16H23NS/c1-3-10-18-11-9-17-13(2)15-8-7-14-5-4-6-16(14)12-15/h3,7-8,12-13,17H,1,4-6,9-11H2,2H3. The molecular weight excluding hydrogens is 238 g/mol. The molecule has 1 aromatic rings. The Morgan fingerprint density at radius 2 is 2.22 bits per heavy atom. The monoisotopic (exact) mass is 261 g/mol. The van der Waals surface area contributed by atoms with E-state index in [0.29, 0.717) is 6.04 Å². The van der Waals surface area contributed by atoms with Gasteiger partial charge >= 0.3 is 0 Å². The van der Waals surface area contributed by atoms with E-state index >= 15 is 0 Å². The largest absolute Gasteiger partial charge is 0.309 e. The molecule has 0 amide bonds. The van der Waals surface area contributed by atoms with Crippen molar-refractivity contribution in [1.82, 2.24) is 5.32 Å². The molecule has 0 radical (unpaired) electrons. The highest BCUT2D eigenvalue weighted by Gasteiger charge is 2.12. The Morgan fingerprint density at radius 3 is 3.06 bits per heavy atom. The van der Waals surface area contributed by atoms with Crippen LogP contribution in [-0.4, -0.2) is 18.1 Å². The summed E-state index contributed by atoms with van der Waals surface area (Å²) in [5, 5.41) is 3.59. The van der Waals surface area contributed by atoms with Crippen LogP contribution in [0, 0.1) is 0 Å². The molecule has 0 fully saturated rings. The zero-order valence-electron chi connectivity index (χ0n) is 11.2. The van der Waals surface area contributed by atoms with E-state index in [0.717, 1.165) is 18.1 Å². The maximum atomic E-state index is 3.73. The van der Waals surface area contributed by atoms with Crippen LogP contribution in [0.4, 0.5) is 0 Å². The summed E-state index contributed by atoms with van der Waals surface area (Å²) in [4.78, 5) is 0. The maximum absolute atomic E-state index is 3.73. The van der Waals surface area contributed by atoms with Crippen molar-refractivity contribution in [3.8, 4) is 0 Å². The first-order chi connectivity index (χ1) is 8.81. The number of hydrogen-bond acceptors (Lipinski definition) is 2. The van der Waals surface area contributed by atoms with Gasteiger partial charge in [-0.1, -0.05) is 24.3 Å². The van der Waals surface area contributed by atoms with Crippen LogP contribution in [0.5, 0.6) is 0 Å². The third kappa shape index (κ3) is 3.63. The van der Waals surface area contributed by atoms with Crippen molar-refractivity contribution in [1.29, 1.82) is 0 Å². The highest BCUT2D eigenvalue weighted by atomic mass is 32.2. The number of thioether (sulfide) groups is 1. The van der Waals surface area contributed by atoms with E-state index < -0.39 is 0 Å². The minimum absolute atomic E-state index is 0.459. The van der Waals surface area contributed by atoms with E-state index in [1.807, 2.05) is 17.8 Å². The highest BCUT2D eigenvalue weighted by molar-refractivity contribution is 7.99. The van der Waals surface area contributed by atoms with Gasteiger partial charge in [0, 0.05) is 24.1 Å². The molecule has 0 spiro atoms. The van der Waals surface area contributed by atoms with E-state index in [4.69, 9.17) is 0 Å². The predicted molar refractivity (Wildman–Crippen MR) is 82.4 cm³/mol. The van der Waals surface area contributed by atoms with Crippen molar-refractivity contribution in [2.24, 2.45) is 0 Å². The number of hydrogen-bond donors (Lipinski definition) is 1. The molecule has 0 heterocycles. The molecule has 18 heavy (non-hydrogen) atoms. The van der Waals surface area contributed by atoms with E-state index in [1.165, 1.54) is 24.8 Å². The molecule has 0 saturated heterocycles. The van der Waals surface area contributed by atoms with Gasteiger partial charge in [0.1, 0.15) is 0 Å². The molecule has 1 nitrogen and oxygen atoms in total. The summed E-state index contributed by atoms with van der Waals surface area (Å²) in [6, 6.07) is 7.47. The van der Waals surface area contributed by atoms with Crippen molar-refractivity contribution in [2.75, 3.05) is 18.1 Å². The van der Waals surface area contributed by atoms with Crippen molar-refractivity contribution in [2.45, 2.75) is 32.2 Å². The Balaban J connectivity index is 1.81. The van der Waals surface area contributed by atoms with Crippen LogP contribution in [0.15, 0.2) is 30.9 Å². The van der Waals surface area contributed by atoms with Crippen LogP contribution < -0.4 is 5.32 Å². The van der Waals surface area contributed by atoms with E-state index in [1.54, 1.807) is 11.1 Å². The molecule has 2 rings (SSSR count). The molecule has 98 valence electrons. The van der Waals surface area contributed by atoms with Gasteiger partial charge in [0.15, 0.2) is 0 Å². The number of benzene rings is 1. The summed E-state index contributed by atoms with van der Waals surface area (Å²) in [7, 11) is 0. The second kappa shape index (κ2) is 7.01. The van der Waals surface area contributed by atoms with Crippen molar-refractivity contribution in [3.63, 3.8) is 0 Å². The quantitative estimate of drug-likeness (QED) is 0.593. The molecule has 0 aliphatic heterocycles. The topological polar surface area (TPSA) is 12.0 Å². The van der Waals surface area contributed by atoms with Crippen LogP contribution in [0.2, 0.25) is 0 Å². The van der Waals surface area contributed by atoms with E-state index in [9.17, 15) is 0 Å². The first-order valence-corrected chi connectivity index (χ1v) is 8.00. The highest BCUT2D eigenvalue weighted by Crippen LogP contribution is 2.25. The van der Waals surface area contributed by atoms with Gasteiger partial charge in [0.2, 0.25) is 0 Å². The Labute approximate surface area is 115 Å². The number of nitrogens with one attached hydrogen (secondary N) is 1. The second-order valence-corrected chi connectivity index (χ2v) is 6.07. The fourth-order valence-corrected chi connectivity index (χ4v) is 3.09. The summed E-state index contributed by atoms with van der Waals surface area (Å²) in [6.07, 6.45) is 5.84. The fourth-order valence-electron chi connectivity index (χ4n) is 2.49. The Morgan fingerprint density at radius 1 is 1.39 bits per heavy atom. The molecule has 1 unspecified atom stereocenters. The zero-order valence-corrected chi connectivity index (χ0v) is 12.1. The summed E-state index contributed by atoms with van der Waals surface area (Å²) in [5.41, 5.74) is 4.57. The summed E-state index contributed by atoms with van der Waals surface area (Å²) in [6.45, 7) is 7.06. The second-order valence-electron chi connectivity index (χ2n) is 4.92. The lowest BCUT2D eigenvalue weighted by Crippen LogP contribution is -2.21. The van der Waals surface area contributed by atoms with Gasteiger partial charge in [-0.3, -0.25) is 0 Å². The van der Waals surface area contributed by atoms with Gasteiger partial charge < -0.3 is 5.32 Å². The first kappa shape index (κ1) is 13.7. The van der Waals surface area contributed by atoms with Gasteiger partial charge in [-0.15, -0.1) is 6.58 Å². The van der Waals surface area contributed by atoms with Crippen molar-refractivity contribution in [3.05, 3.63) is 47.5 Å². The molecule has 1 atom stereocenters. The normalized spacial score (nSPS) is 15.4. The summed E-state index contributed by atoms with van der Waals surface area (Å²) in [5.74, 6) is 2.20. The molecule has 1 aliphatic carbocycles. The third-order valence-corrected chi connectivity index (χ3v) is 4.52. The van der Waals surface area contributed by atoms with Gasteiger partial charge in [-0.05, 0) is 42.9 Å². The van der Waals surface area contributed by atoms with Crippen LogP contribution in [0.1, 0.15) is 36.1 Å². The van der Waals surface area contributed by atoms with E-state index in [2.05, 4.69) is 37.0 Å². The van der Waals surface area contributed by atoms with Gasteiger partial charge in [0.05, 0.1) is 0 Å². The van der Waals surface area contributed by atoms with Crippen LogP contribution in [0.3, 0.4) is 0 Å². The number of fused-ring (bicyclic) bond motifs is 1. The molecule has 1 aromatic carbocycles. The third-order valence-electron chi connectivity index (χ3n) is 3.56. The maximum Gasteiger partial charge on any atom is 0.0292 e. The lowest BCUT2D eigenvalue weighted by molar-refractivity contribution is 0.601. The minimum atomic E-state index is 0.459. The number of rotatable bonds is 7. The van der Waals surface area contributed by atoms with Gasteiger partial charge in [-0.2, -0.15) is 11.8 Å². The zero-order chi connectivity index (χ0) is 12.8. The van der Waals surface area contributed by atoms with Gasteiger partial charge in [0.25, 0.3) is 0 Å². The molecule has 0 bridgehead atoms. The molecule has 1 N–H and O–H groups in total. The SMILES string of the molecule is C=CCSCCNC(C)c1ccc2c(c1)CCC2. The Bertz CT molecular complexity index is 400. The summed E-state index contributed by atoms with van der Waals surface area (Å²) >= 11 is 1.93. The minimum Gasteiger partial charge on any atom is -0.309 e. The lowest BCUT2D eigenvalue weighted by Gasteiger charge is -2.15. The molecule has 1 aliphatic rings. The smallest absolute Gasteiger partial charge is 0.0292 e. The molecule has 0 saturated carbocycles. The van der Waals surface area contributed by atoms with Crippen LogP contribution in [-0.2, 0) is 12.8 Å². The number of aryl methyl sites for hydroxylation is 2. The first-order valence-electron chi connectivity index (χ1n) is 6.85. The average molecular weight is 261 g/mol.